The highest BCUT2D eigenvalue weighted by Gasteiger charge is 2.17. The van der Waals surface area contributed by atoms with Crippen molar-refractivity contribution < 1.29 is 9.53 Å². The Labute approximate surface area is 108 Å². The Hall–Kier alpha value is -1.55. The molecule has 4 nitrogen and oxygen atoms in total. The van der Waals surface area contributed by atoms with Crippen molar-refractivity contribution in [3.63, 3.8) is 0 Å². The lowest BCUT2D eigenvalue weighted by Crippen LogP contribution is -2.35. The molecule has 0 aliphatic heterocycles. The highest BCUT2D eigenvalue weighted by molar-refractivity contribution is 5.77. The lowest BCUT2D eigenvalue weighted by Gasteiger charge is -2.25. The van der Waals surface area contributed by atoms with E-state index in [4.69, 9.17) is 10.5 Å². The van der Waals surface area contributed by atoms with Crippen LogP contribution in [0.3, 0.4) is 0 Å². The summed E-state index contributed by atoms with van der Waals surface area (Å²) in [6.07, 6.45) is 3.76. The Bertz CT molecular complexity index is 403. The average Bonchev–Trinajstić information content (AvgIpc) is 2.35. The maximum atomic E-state index is 11.6. The number of hydrogen-bond donors (Lipinski definition) is 2. The number of hydrogen-bond acceptors (Lipinski definition) is 3. The maximum Gasteiger partial charge on any atom is 0.257 e. The predicted octanol–water partition coefficient (Wildman–Crippen LogP) is 1.44. The number of rotatable bonds is 6. The second kappa shape index (κ2) is 6.40. The van der Waals surface area contributed by atoms with E-state index in [1.807, 2.05) is 24.3 Å². The van der Waals surface area contributed by atoms with Gasteiger partial charge in [0.25, 0.3) is 5.91 Å². The smallest absolute Gasteiger partial charge is 0.257 e. The molecule has 3 N–H and O–H groups in total. The normalized spacial score (nSPS) is 14.9. The monoisotopic (exact) mass is 248 g/mol. The highest BCUT2D eigenvalue weighted by atomic mass is 16.5. The van der Waals surface area contributed by atoms with Crippen molar-refractivity contribution in [2.45, 2.75) is 25.8 Å². The van der Waals surface area contributed by atoms with Gasteiger partial charge in [0, 0.05) is 18.7 Å². The van der Waals surface area contributed by atoms with Gasteiger partial charge in [-0.15, -0.1) is 0 Å². The van der Waals surface area contributed by atoms with Crippen molar-refractivity contribution in [3.05, 3.63) is 29.8 Å². The molecule has 98 valence electrons. The van der Waals surface area contributed by atoms with Crippen molar-refractivity contribution in [1.29, 1.82) is 0 Å². The van der Waals surface area contributed by atoms with Crippen LogP contribution in [-0.2, 0) is 11.3 Å². The molecule has 4 heteroatoms. The van der Waals surface area contributed by atoms with E-state index in [9.17, 15) is 4.79 Å². The van der Waals surface area contributed by atoms with Crippen LogP contribution in [0.1, 0.15) is 24.8 Å². The SMILES string of the molecule is NCc1ccccc1OCC(=O)NCC1CCC1. The van der Waals surface area contributed by atoms with Crippen LogP contribution in [0, 0.1) is 5.92 Å². The molecule has 0 atom stereocenters. The topological polar surface area (TPSA) is 64.3 Å². The first-order valence-electron chi connectivity index (χ1n) is 6.47. The first-order chi connectivity index (χ1) is 8.79. The third kappa shape index (κ3) is 3.47. The summed E-state index contributed by atoms with van der Waals surface area (Å²) >= 11 is 0. The number of ether oxygens (including phenoxy) is 1. The standard InChI is InChI=1S/C14H20N2O2/c15-8-12-6-1-2-7-13(12)18-10-14(17)16-9-11-4-3-5-11/h1-2,6-7,11H,3-5,8-10,15H2,(H,16,17). The van der Waals surface area contributed by atoms with E-state index in [0.29, 0.717) is 18.2 Å². The molecule has 1 aliphatic carbocycles. The molecule has 0 spiro atoms. The van der Waals surface area contributed by atoms with Gasteiger partial charge in [-0.1, -0.05) is 24.6 Å². The molecule has 0 saturated heterocycles. The fourth-order valence-electron chi connectivity index (χ4n) is 1.96. The van der Waals surface area contributed by atoms with Crippen LogP contribution >= 0.6 is 0 Å². The third-order valence-electron chi connectivity index (χ3n) is 3.36. The zero-order chi connectivity index (χ0) is 12.8. The second-order valence-electron chi connectivity index (χ2n) is 4.70. The van der Waals surface area contributed by atoms with Gasteiger partial charge in [0.1, 0.15) is 5.75 Å². The Morgan fingerprint density at radius 3 is 2.83 bits per heavy atom. The number of carbonyl (C=O) groups excluding carboxylic acids is 1. The van der Waals surface area contributed by atoms with Crippen LogP contribution in [0.4, 0.5) is 0 Å². The number of nitrogens with two attached hydrogens (primary N) is 1. The molecule has 1 aromatic carbocycles. The van der Waals surface area contributed by atoms with Gasteiger partial charge in [-0.2, -0.15) is 0 Å². The van der Waals surface area contributed by atoms with Crippen molar-refractivity contribution >= 4 is 5.91 Å². The molecule has 0 heterocycles. The van der Waals surface area contributed by atoms with Gasteiger partial charge in [-0.05, 0) is 24.8 Å². The van der Waals surface area contributed by atoms with Crippen LogP contribution in [0.5, 0.6) is 5.75 Å². The van der Waals surface area contributed by atoms with Crippen molar-refractivity contribution in [2.75, 3.05) is 13.2 Å². The van der Waals surface area contributed by atoms with Crippen molar-refractivity contribution in [1.82, 2.24) is 5.32 Å². The van der Waals surface area contributed by atoms with E-state index in [-0.39, 0.29) is 12.5 Å². The van der Waals surface area contributed by atoms with Gasteiger partial charge in [0.15, 0.2) is 6.61 Å². The van der Waals surface area contributed by atoms with Crippen LogP contribution in [0.15, 0.2) is 24.3 Å². The summed E-state index contributed by atoms with van der Waals surface area (Å²) in [5.74, 6) is 1.30. The first-order valence-corrected chi connectivity index (χ1v) is 6.47. The molecule has 1 saturated carbocycles. The largest absolute Gasteiger partial charge is 0.483 e. The Kier molecular flexibility index (Phi) is 4.59. The molecule has 18 heavy (non-hydrogen) atoms. The fraction of sp³-hybridized carbons (Fsp3) is 0.500. The molecule has 1 aliphatic rings. The number of nitrogens with one attached hydrogen (secondary N) is 1. The van der Waals surface area contributed by atoms with Crippen LogP contribution in [0.25, 0.3) is 0 Å². The number of amides is 1. The lowest BCUT2D eigenvalue weighted by molar-refractivity contribution is -0.123. The molecule has 1 fully saturated rings. The number of carbonyl (C=O) groups is 1. The van der Waals surface area contributed by atoms with Crippen molar-refractivity contribution in [3.8, 4) is 5.75 Å². The molecule has 1 aromatic rings. The van der Waals surface area contributed by atoms with Crippen LogP contribution in [-0.4, -0.2) is 19.1 Å². The molecular formula is C14H20N2O2. The van der Waals surface area contributed by atoms with E-state index in [0.717, 1.165) is 12.1 Å². The number of benzene rings is 1. The minimum Gasteiger partial charge on any atom is -0.483 e. The summed E-state index contributed by atoms with van der Waals surface area (Å²) in [7, 11) is 0. The van der Waals surface area contributed by atoms with Gasteiger partial charge in [0.05, 0.1) is 0 Å². The second-order valence-corrected chi connectivity index (χ2v) is 4.70. The Balaban J connectivity index is 1.74. The third-order valence-corrected chi connectivity index (χ3v) is 3.36. The van der Waals surface area contributed by atoms with E-state index in [1.54, 1.807) is 0 Å². The zero-order valence-electron chi connectivity index (χ0n) is 10.5. The van der Waals surface area contributed by atoms with Gasteiger partial charge in [-0.3, -0.25) is 4.79 Å². The minimum absolute atomic E-state index is 0.0593. The summed E-state index contributed by atoms with van der Waals surface area (Å²) < 4.78 is 5.48. The fourth-order valence-corrected chi connectivity index (χ4v) is 1.96. The van der Waals surface area contributed by atoms with E-state index in [2.05, 4.69) is 5.32 Å². The average molecular weight is 248 g/mol. The van der Waals surface area contributed by atoms with Gasteiger partial charge < -0.3 is 15.8 Å². The molecule has 0 aromatic heterocycles. The number of para-hydroxylation sites is 1. The maximum absolute atomic E-state index is 11.6. The molecule has 2 rings (SSSR count). The Morgan fingerprint density at radius 1 is 1.39 bits per heavy atom. The first kappa shape index (κ1) is 12.9. The lowest BCUT2D eigenvalue weighted by atomic mass is 9.85. The highest BCUT2D eigenvalue weighted by Crippen LogP contribution is 2.25. The van der Waals surface area contributed by atoms with Gasteiger partial charge in [-0.25, -0.2) is 0 Å². The molecule has 0 radical (unpaired) electrons. The molecular weight excluding hydrogens is 228 g/mol. The summed E-state index contributed by atoms with van der Waals surface area (Å²) in [6.45, 7) is 1.25. The van der Waals surface area contributed by atoms with E-state index in [1.165, 1.54) is 19.3 Å². The van der Waals surface area contributed by atoms with E-state index >= 15 is 0 Å². The molecule has 0 unspecified atom stereocenters. The predicted molar refractivity (Wildman–Crippen MR) is 70.2 cm³/mol. The summed E-state index contributed by atoms with van der Waals surface area (Å²) in [4.78, 5) is 11.6. The van der Waals surface area contributed by atoms with E-state index < -0.39 is 0 Å². The summed E-state index contributed by atoms with van der Waals surface area (Å²) in [6, 6.07) is 7.52. The van der Waals surface area contributed by atoms with Gasteiger partial charge in [0.2, 0.25) is 0 Å². The summed E-state index contributed by atoms with van der Waals surface area (Å²) in [5.41, 5.74) is 6.52. The zero-order valence-corrected chi connectivity index (χ0v) is 10.5. The molecule has 1 amide bonds. The molecule has 0 bridgehead atoms. The van der Waals surface area contributed by atoms with Gasteiger partial charge >= 0.3 is 0 Å². The quantitative estimate of drug-likeness (QED) is 0.800. The summed E-state index contributed by atoms with van der Waals surface area (Å²) in [5, 5.41) is 2.90. The van der Waals surface area contributed by atoms with Crippen LogP contribution < -0.4 is 15.8 Å². The van der Waals surface area contributed by atoms with Crippen molar-refractivity contribution in [2.24, 2.45) is 11.7 Å². The minimum atomic E-state index is -0.0614. The Morgan fingerprint density at radius 2 is 2.17 bits per heavy atom. The van der Waals surface area contributed by atoms with Crippen LogP contribution in [0.2, 0.25) is 0 Å².